The van der Waals surface area contributed by atoms with Gasteiger partial charge < -0.3 is 15.2 Å². The monoisotopic (exact) mass is 267 g/mol. The molecule has 0 heterocycles. The summed E-state index contributed by atoms with van der Waals surface area (Å²) in [5.41, 5.74) is 0. The number of halogens is 1. The van der Waals surface area contributed by atoms with Crippen LogP contribution < -0.4 is 10.1 Å². The van der Waals surface area contributed by atoms with E-state index in [1.54, 1.807) is 12.1 Å². The molecule has 0 radical (unpaired) electrons. The zero-order valence-electron chi connectivity index (χ0n) is 10.6. The lowest BCUT2D eigenvalue weighted by Gasteiger charge is -2.10. The van der Waals surface area contributed by atoms with E-state index in [0.29, 0.717) is 18.9 Å². The van der Waals surface area contributed by atoms with E-state index in [1.807, 2.05) is 0 Å². The van der Waals surface area contributed by atoms with Crippen LogP contribution in [-0.4, -0.2) is 30.3 Å². The standard InChI is InChI=1S/C14H18FNO3/c15-11-3-1-2-4-13(11)19-9-14(18)16-8-7-12(17)10-5-6-10/h1-4,10,12,17H,5-9H2,(H,16,18)/t12-/m0/s1. The van der Waals surface area contributed by atoms with Gasteiger partial charge >= 0.3 is 0 Å². The number of aliphatic hydroxyl groups is 1. The number of rotatable bonds is 7. The predicted octanol–water partition coefficient (Wildman–Crippen LogP) is 1.48. The Bertz CT molecular complexity index is 434. The number of benzene rings is 1. The van der Waals surface area contributed by atoms with Gasteiger partial charge in [-0.1, -0.05) is 12.1 Å². The summed E-state index contributed by atoms with van der Waals surface area (Å²) in [4.78, 5) is 11.5. The second kappa shape index (κ2) is 6.52. The maximum atomic E-state index is 13.2. The minimum atomic E-state index is -0.487. The fourth-order valence-corrected chi connectivity index (χ4v) is 1.83. The van der Waals surface area contributed by atoms with Crippen molar-refractivity contribution in [2.24, 2.45) is 5.92 Å². The van der Waals surface area contributed by atoms with Crippen LogP contribution >= 0.6 is 0 Å². The first kappa shape index (κ1) is 13.8. The highest BCUT2D eigenvalue weighted by Crippen LogP contribution is 2.33. The first-order valence-corrected chi connectivity index (χ1v) is 6.49. The molecule has 2 N–H and O–H groups in total. The number of ether oxygens (including phenoxy) is 1. The van der Waals surface area contributed by atoms with E-state index >= 15 is 0 Å². The lowest BCUT2D eigenvalue weighted by atomic mass is 10.2. The van der Waals surface area contributed by atoms with E-state index in [1.165, 1.54) is 12.1 Å². The first-order valence-electron chi connectivity index (χ1n) is 6.49. The topological polar surface area (TPSA) is 58.6 Å². The van der Waals surface area contributed by atoms with Gasteiger partial charge in [-0.2, -0.15) is 0 Å². The van der Waals surface area contributed by atoms with Crippen molar-refractivity contribution >= 4 is 5.91 Å². The predicted molar refractivity (Wildman–Crippen MR) is 68.3 cm³/mol. The molecular formula is C14H18FNO3. The molecule has 0 aromatic heterocycles. The molecule has 0 aliphatic heterocycles. The number of para-hydroxylation sites is 1. The minimum absolute atomic E-state index is 0.0654. The molecule has 1 aromatic rings. The quantitative estimate of drug-likeness (QED) is 0.786. The third-order valence-electron chi connectivity index (χ3n) is 3.12. The highest BCUT2D eigenvalue weighted by atomic mass is 19.1. The molecule has 1 aliphatic rings. The van der Waals surface area contributed by atoms with Crippen molar-refractivity contribution in [2.75, 3.05) is 13.2 Å². The van der Waals surface area contributed by atoms with Gasteiger partial charge in [-0.25, -0.2) is 4.39 Å². The number of aliphatic hydroxyl groups excluding tert-OH is 1. The Balaban J connectivity index is 1.63. The molecule has 0 saturated heterocycles. The van der Waals surface area contributed by atoms with Crippen LogP contribution in [0.4, 0.5) is 4.39 Å². The van der Waals surface area contributed by atoms with Gasteiger partial charge in [0.25, 0.3) is 5.91 Å². The number of amides is 1. The molecule has 1 aromatic carbocycles. The molecule has 1 saturated carbocycles. The van der Waals surface area contributed by atoms with E-state index in [9.17, 15) is 14.3 Å². The summed E-state index contributed by atoms with van der Waals surface area (Å²) in [6.07, 6.45) is 2.38. The Morgan fingerprint density at radius 3 is 2.89 bits per heavy atom. The maximum Gasteiger partial charge on any atom is 0.257 e. The zero-order chi connectivity index (χ0) is 13.7. The molecule has 0 unspecified atom stereocenters. The van der Waals surface area contributed by atoms with Crippen LogP contribution in [0.1, 0.15) is 19.3 Å². The Labute approximate surface area is 111 Å². The van der Waals surface area contributed by atoms with E-state index < -0.39 is 5.82 Å². The van der Waals surface area contributed by atoms with Crippen molar-refractivity contribution in [3.05, 3.63) is 30.1 Å². The van der Waals surface area contributed by atoms with E-state index in [-0.39, 0.29) is 24.4 Å². The largest absolute Gasteiger partial charge is 0.481 e. The summed E-state index contributed by atoms with van der Waals surface area (Å²) >= 11 is 0. The van der Waals surface area contributed by atoms with Crippen LogP contribution in [0.2, 0.25) is 0 Å². The second-order valence-corrected chi connectivity index (χ2v) is 4.76. The number of carbonyl (C=O) groups is 1. The lowest BCUT2D eigenvalue weighted by Crippen LogP contribution is -2.31. The van der Waals surface area contributed by atoms with Gasteiger partial charge in [-0.3, -0.25) is 4.79 Å². The van der Waals surface area contributed by atoms with Crippen LogP contribution in [0, 0.1) is 11.7 Å². The summed E-state index contributed by atoms with van der Waals surface area (Å²) < 4.78 is 18.3. The molecule has 5 heteroatoms. The molecule has 1 amide bonds. The summed E-state index contributed by atoms with van der Waals surface area (Å²) in [7, 11) is 0. The first-order chi connectivity index (χ1) is 9.16. The number of hydrogen-bond donors (Lipinski definition) is 2. The van der Waals surface area contributed by atoms with Crippen LogP contribution in [0.5, 0.6) is 5.75 Å². The number of nitrogens with one attached hydrogen (secondary N) is 1. The molecule has 19 heavy (non-hydrogen) atoms. The Morgan fingerprint density at radius 2 is 2.21 bits per heavy atom. The van der Waals surface area contributed by atoms with Gasteiger partial charge in [-0.05, 0) is 37.3 Å². The third-order valence-corrected chi connectivity index (χ3v) is 3.12. The fraction of sp³-hybridized carbons (Fsp3) is 0.500. The SMILES string of the molecule is O=C(COc1ccccc1F)NCC[C@H](O)C1CC1. The van der Waals surface area contributed by atoms with E-state index in [2.05, 4.69) is 5.32 Å². The molecule has 4 nitrogen and oxygen atoms in total. The van der Waals surface area contributed by atoms with Crippen LogP contribution in [0.3, 0.4) is 0 Å². The van der Waals surface area contributed by atoms with Crippen molar-refractivity contribution < 1.29 is 19.0 Å². The highest BCUT2D eigenvalue weighted by Gasteiger charge is 2.29. The van der Waals surface area contributed by atoms with Crippen LogP contribution in [0.25, 0.3) is 0 Å². The molecule has 2 rings (SSSR count). The van der Waals surface area contributed by atoms with Crippen LogP contribution in [-0.2, 0) is 4.79 Å². The van der Waals surface area contributed by atoms with Crippen molar-refractivity contribution in [1.82, 2.24) is 5.32 Å². The molecule has 104 valence electrons. The third kappa shape index (κ3) is 4.52. The Hall–Kier alpha value is -1.62. The maximum absolute atomic E-state index is 13.2. The van der Waals surface area contributed by atoms with Gasteiger partial charge in [0.1, 0.15) is 0 Å². The van der Waals surface area contributed by atoms with Crippen molar-refractivity contribution in [3.63, 3.8) is 0 Å². The van der Waals surface area contributed by atoms with Gasteiger partial charge in [-0.15, -0.1) is 0 Å². The minimum Gasteiger partial charge on any atom is -0.481 e. The van der Waals surface area contributed by atoms with Gasteiger partial charge in [0.15, 0.2) is 18.2 Å². The van der Waals surface area contributed by atoms with Gasteiger partial charge in [0.05, 0.1) is 6.10 Å². The molecule has 1 atom stereocenters. The Morgan fingerprint density at radius 1 is 1.47 bits per heavy atom. The fourth-order valence-electron chi connectivity index (χ4n) is 1.83. The highest BCUT2D eigenvalue weighted by molar-refractivity contribution is 5.77. The van der Waals surface area contributed by atoms with E-state index in [0.717, 1.165) is 12.8 Å². The smallest absolute Gasteiger partial charge is 0.257 e. The van der Waals surface area contributed by atoms with Crippen molar-refractivity contribution in [3.8, 4) is 5.75 Å². The summed E-state index contributed by atoms with van der Waals surface area (Å²) in [6, 6.07) is 5.95. The van der Waals surface area contributed by atoms with Gasteiger partial charge in [0, 0.05) is 6.54 Å². The summed E-state index contributed by atoms with van der Waals surface area (Å²) in [6.45, 7) is 0.192. The van der Waals surface area contributed by atoms with Crippen LogP contribution in [0.15, 0.2) is 24.3 Å². The molecule has 0 bridgehead atoms. The molecule has 0 spiro atoms. The molecule has 1 fully saturated rings. The average Bonchev–Trinajstić information content (AvgIpc) is 3.22. The Kier molecular flexibility index (Phi) is 4.74. The normalized spacial score (nSPS) is 15.9. The average molecular weight is 267 g/mol. The number of hydrogen-bond acceptors (Lipinski definition) is 3. The summed E-state index contributed by atoms with van der Waals surface area (Å²) in [5.74, 6) is -0.326. The molecular weight excluding hydrogens is 249 g/mol. The molecule has 1 aliphatic carbocycles. The number of carbonyl (C=O) groups excluding carboxylic acids is 1. The zero-order valence-corrected chi connectivity index (χ0v) is 10.6. The summed E-state index contributed by atoms with van der Waals surface area (Å²) in [5, 5.41) is 12.3. The second-order valence-electron chi connectivity index (χ2n) is 4.76. The van der Waals surface area contributed by atoms with Gasteiger partial charge in [0.2, 0.25) is 0 Å². The van der Waals surface area contributed by atoms with Crippen molar-refractivity contribution in [1.29, 1.82) is 0 Å². The van der Waals surface area contributed by atoms with E-state index in [4.69, 9.17) is 4.74 Å². The lowest BCUT2D eigenvalue weighted by molar-refractivity contribution is -0.123. The van der Waals surface area contributed by atoms with Crippen molar-refractivity contribution in [2.45, 2.75) is 25.4 Å².